The van der Waals surface area contributed by atoms with Gasteiger partial charge >= 0.3 is 6.03 Å². The number of ether oxygens (including phenoxy) is 1. The first-order valence-corrected chi connectivity index (χ1v) is 8.62. The fourth-order valence-corrected chi connectivity index (χ4v) is 3.04. The number of benzene rings is 1. The number of hydrogen-bond donors (Lipinski definition) is 1. The molecular formula is C19H24N4O2. The first kappa shape index (κ1) is 17.2. The smallest absolute Gasteiger partial charge is 0.321 e. The van der Waals surface area contributed by atoms with Crippen molar-refractivity contribution in [2.75, 3.05) is 18.4 Å². The summed E-state index contributed by atoms with van der Waals surface area (Å²) in [4.78, 5) is 23.0. The molecule has 1 aromatic heterocycles. The van der Waals surface area contributed by atoms with Gasteiger partial charge < -0.3 is 15.0 Å². The van der Waals surface area contributed by atoms with Crippen molar-refractivity contribution in [1.82, 2.24) is 14.9 Å². The van der Waals surface area contributed by atoms with E-state index in [1.165, 1.54) is 0 Å². The number of likely N-dealkylation sites (tertiary alicyclic amines) is 1. The van der Waals surface area contributed by atoms with Gasteiger partial charge in [-0.3, -0.25) is 0 Å². The molecule has 0 bridgehead atoms. The van der Waals surface area contributed by atoms with Gasteiger partial charge in [-0.2, -0.15) is 4.98 Å². The fourth-order valence-electron chi connectivity index (χ4n) is 3.04. The molecule has 0 saturated carbocycles. The fraction of sp³-hybridized carbons (Fsp3) is 0.421. The third kappa shape index (κ3) is 4.47. The Morgan fingerprint density at radius 1 is 1.24 bits per heavy atom. The van der Waals surface area contributed by atoms with Gasteiger partial charge in [-0.25, -0.2) is 9.78 Å². The highest BCUT2D eigenvalue weighted by Crippen LogP contribution is 2.19. The Labute approximate surface area is 148 Å². The van der Waals surface area contributed by atoms with Crippen molar-refractivity contribution in [2.24, 2.45) is 0 Å². The van der Waals surface area contributed by atoms with Crippen LogP contribution in [0.15, 0.2) is 30.3 Å². The Hall–Kier alpha value is -2.63. The number of carbonyl (C=O) groups is 1. The monoisotopic (exact) mass is 340 g/mol. The summed E-state index contributed by atoms with van der Waals surface area (Å²) in [5.74, 6) is 1.27. The van der Waals surface area contributed by atoms with Gasteiger partial charge in [0, 0.05) is 24.0 Å². The van der Waals surface area contributed by atoms with E-state index in [-0.39, 0.29) is 12.1 Å². The van der Waals surface area contributed by atoms with Gasteiger partial charge in [0.25, 0.3) is 0 Å². The van der Waals surface area contributed by atoms with E-state index in [0.717, 1.165) is 36.3 Å². The maximum Gasteiger partial charge on any atom is 0.321 e. The predicted octanol–water partition coefficient (Wildman–Crippen LogP) is 3.48. The second-order valence-corrected chi connectivity index (χ2v) is 6.47. The molecule has 0 aliphatic carbocycles. The van der Waals surface area contributed by atoms with Crippen LogP contribution in [-0.4, -0.2) is 40.1 Å². The summed E-state index contributed by atoms with van der Waals surface area (Å²) < 4.78 is 6.00. The van der Waals surface area contributed by atoms with Crippen molar-refractivity contribution < 1.29 is 9.53 Å². The van der Waals surface area contributed by atoms with Gasteiger partial charge in [-0.15, -0.1) is 0 Å². The van der Waals surface area contributed by atoms with E-state index < -0.39 is 0 Å². The number of urea groups is 1. The maximum absolute atomic E-state index is 12.6. The minimum atomic E-state index is -0.0855. The van der Waals surface area contributed by atoms with Crippen LogP contribution in [0.4, 0.5) is 10.5 Å². The van der Waals surface area contributed by atoms with Crippen LogP contribution in [0.3, 0.4) is 0 Å². The summed E-state index contributed by atoms with van der Waals surface area (Å²) in [6.07, 6.45) is 1.77. The van der Waals surface area contributed by atoms with Gasteiger partial charge in [0.05, 0.1) is 6.54 Å². The molecule has 0 spiro atoms. The average molecular weight is 340 g/mol. The Morgan fingerprint density at radius 2 is 2.04 bits per heavy atom. The zero-order chi connectivity index (χ0) is 17.8. The van der Waals surface area contributed by atoms with Gasteiger partial charge in [0.2, 0.25) is 5.88 Å². The lowest BCUT2D eigenvalue weighted by atomic mass is 10.1. The zero-order valence-corrected chi connectivity index (χ0v) is 15.0. The molecule has 0 unspecified atom stereocenters. The largest absolute Gasteiger partial charge is 0.472 e. The van der Waals surface area contributed by atoms with Crippen LogP contribution in [0.2, 0.25) is 0 Å². The Kier molecular flexibility index (Phi) is 5.16. The number of aromatic nitrogens is 2. The number of para-hydroxylation sites is 1. The van der Waals surface area contributed by atoms with Crippen LogP contribution < -0.4 is 10.1 Å². The number of nitrogens with one attached hydrogen (secondary N) is 1. The molecule has 132 valence electrons. The molecule has 2 amide bonds. The summed E-state index contributed by atoms with van der Waals surface area (Å²) in [5.41, 5.74) is 2.78. The standard InChI is InChI=1S/C19H24N4O2/c1-13-7-4-5-9-17(13)22-19(24)23-10-6-8-16(12-23)25-18-11-14(2)20-15(3)21-18/h4-5,7,9,11,16H,6,8,10,12H2,1-3H3,(H,22,24)/t16-/m1/s1. The van der Waals surface area contributed by atoms with E-state index >= 15 is 0 Å². The van der Waals surface area contributed by atoms with Crippen LogP contribution in [0, 0.1) is 20.8 Å². The summed E-state index contributed by atoms with van der Waals surface area (Å²) >= 11 is 0. The molecule has 6 nitrogen and oxygen atoms in total. The van der Waals surface area contributed by atoms with Gasteiger partial charge in [-0.05, 0) is 45.2 Å². The quantitative estimate of drug-likeness (QED) is 0.929. The van der Waals surface area contributed by atoms with Crippen molar-refractivity contribution in [1.29, 1.82) is 0 Å². The lowest BCUT2D eigenvalue weighted by Crippen LogP contribution is -2.46. The second kappa shape index (κ2) is 7.51. The lowest BCUT2D eigenvalue weighted by Gasteiger charge is -2.32. The number of anilines is 1. The second-order valence-electron chi connectivity index (χ2n) is 6.47. The molecule has 2 heterocycles. The summed E-state index contributed by atoms with van der Waals surface area (Å²) in [7, 11) is 0. The molecule has 1 atom stereocenters. The number of hydrogen-bond acceptors (Lipinski definition) is 4. The van der Waals surface area contributed by atoms with Crippen LogP contribution in [0.25, 0.3) is 0 Å². The summed E-state index contributed by atoms with van der Waals surface area (Å²) in [5, 5.41) is 2.99. The highest BCUT2D eigenvalue weighted by atomic mass is 16.5. The third-order valence-electron chi connectivity index (χ3n) is 4.28. The van der Waals surface area contributed by atoms with Crippen molar-refractivity contribution >= 4 is 11.7 Å². The minimum Gasteiger partial charge on any atom is -0.472 e. The van der Waals surface area contributed by atoms with Gasteiger partial charge in [-0.1, -0.05) is 18.2 Å². The van der Waals surface area contributed by atoms with E-state index in [4.69, 9.17) is 4.74 Å². The Balaban J connectivity index is 1.62. The third-order valence-corrected chi connectivity index (χ3v) is 4.28. The van der Waals surface area contributed by atoms with Gasteiger partial charge in [0.15, 0.2) is 0 Å². The van der Waals surface area contributed by atoms with Crippen molar-refractivity contribution in [3.05, 3.63) is 47.4 Å². The molecule has 1 aliphatic rings. The number of carbonyl (C=O) groups excluding carboxylic acids is 1. The van der Waals surface area contributed by atoms with Crippen LogP contribution in [-0.2, 0) is 0 Å². The highest BCUT2D eigenvalue weighted by Gasteiger charge is 2.25. The average Bonchev–Trinajstić information content (AvgIpc) is 2.56. The van der Waals surface area contributed by atoms with E-state index in [2.05, 4.69) is 15.3 Å². The van der Waals surface area contributed by atoms with Crippen LogP contribution >= 0.6 is 0 Å². The molecule has 3 rings (SSSR count). The lowest BCUT2D eigenvalue weighted by molar-refractivity contribution is 0.102. The maximum atomic E-state index is 12.6. The number of nitrogens with zero attached hydrogens (tertiary/aromatic N) is 3. The number of rotatable bonds is 3. The Morgan fingerprint density at radius 3 is 2.80 bits per heavy atom. The molecule has 1 saturated heterocycles. The first-order chi connectivity index (χ1) is 12.0. The van der Waals surface area contributed by atoms with E-state index in [1.807, 2.05) is 56.0 Å². The highest BCUT2D eigenvalue weighted by molar-refractivity contribution is 5.90. The van der Waals surface area contributed by atoms with Gasteiger partial charge in [0.1, 0.15) is 11.9 Å². The molecule has 1 fully saturated rings. The molecular weight excluding hydrogens is 316 g/mol. The molecule has 1 aromatic carbocycles. The summed E-state index contributed by atoms with van der Waals surface area (Å²) in [6.45, 7) is 7.05. The van der Waals surface area contributed by atoms with E-state index in [9.17, 15) is 4.79 Å². The van der Waals surface area contributed by atoms with Crippen molar-refractivity contribution in [3.8, 4) is 5.88 Å². The number of piperidine rings is 1. The SMILES string of the molecule is Cc1cc(O[C@@H]2CCCN(C(=O)Nc3ccccc3C)C2)nc(C)n1. The predicted molar refractivity (Wildman–Crippen MR) is 96.9 cm³/mol. The van der Waals surface area contributed by atoms with Crippen molar-refractivity contribution in [2.45, 2.75) is 39.7 Å². The zero-order valence-electron chi connectivity index (χ0n) is 15.0. The number of amides is 2. The molecule has 25 heavy (non-hydrogen) atoms. The molecule has 2 aromatic rings. The number of aryl methyl sites for hydroxylation is 3. The van der Waals surface area contributed by atoms with Crippen LogP contribution in [0.5, 0.6) is 5.88 Å². The molecule has 1 N–H and O–H groups in total. The first-order valence-electron chi connectivity index (χ1n) is 8.62. The summed E-state index contributed by atoms with van der Waals surface area (Å²) in [6, 6.07) is 9.53. The molecule has 1 aliphatic heterocycles. The van der Waals surface area contributed by atoms with Crippen molar-refractivity contribution in [3.63, 3.8) is 0 Å². The molecule has 6 heteroatoms. The Bertz CT molecular complexity index is 743. The van der Waals surface area contributed by atoms with E-state index in [0.29, 0.717) is 18.2 Å². The minimum absolute atomic E-state index is 0.0509. The normalized spacial score (nSPS) is 17.2. The van der Waals surface area contributed by atoms with Crippen LogP contribution in [0.1, 0.15) is 29.9 Å². The van der Waals surface area contributed by atoms with E-state index in [1.54, 1.807) is 0 Å². The topological polar surface area (TPSA) is 67.3 Å². The molecule has 0 radical (unpaired) electrons.